The predicted molar refractivity (Wildman–Crippen MR) is 135 cm³/mol. The Morgan fingerprint density at radius 2 is 1.97 bits per heavy atom. The summed E-state index contributed by atoms with van der Waals surface area (Å²) >= 11 is 0. The zero-order valence-electron chi connectivity index (χ0n) is 19.5. The number of nitrogens with zero attached hydrogens (tertiary/aromatic N) is 3. The van der Waals surface area contributed by atoms with Crippen LogP contribution in [-0.2, 0) is 4.79 Å². The number of ether oxygens (including phenoxy) is 1. The Labute approximate surface area is 194 Å². The van der Waals surface area contributed by atoms with Crippen LogP contribution in [0.15, 0.2) is 53.7 Å². The minimum absolute atomic E-state index is 0.276. The third kappa shape index (κ3) is 6.38. The lowest BCUT2D eigenvalue weighted by atomic mass is 10.0. The fraction of sp³-hybridized carbons (Fsp3) is 0.308. The van der Waals surface area contributed by atoms with E-state index in [0.717, 1.165) is 58.4 Å². The molecular formula is C26H31N5O2. The summed E-state index contributed by atoms with van der Waals surface area (Å²) < 4.78 is 5.38. The van der Waals surface area contributed by atoms with Crippen LogP contribution in [0.3, 0.4) is 0 Å². The van der Waals surface area contributed by atoms with Crippen molar-refractivity contribution in [3.63, 3.8) is 0 Å². The summed E-state index contributed by atoms with van der Waals surface area (Å²) in [6.45, 7) is 4.62. The number of methoxy groups -OCH3 is 1. The summed E-state index contributed by atoms with van der Waals surface area (Å²) in [6.07, 6.45) is 6.25. The first kappa shape index (κ1) is 23.9. The number of hydrogen-bond acceptors (Lipinski definition) is 6. The van der Waals surface area contributed by atoms with Crippen LogP contribution in [-0.4, -0.2) is 35.7 Å². The van der Waals surface area contributed by atoms with Crippen molar-refractivity contribution in [1.82, 2.24) is 9.97 Å². The molecule has 0 unspecified atom stereocenters. The monoisotopic (exact) mass is 445 g/mol. The van der Waals surface area contributed by atoms with E-state index in [0.29, 0.717) is 18.8 Å². The van der Waals surface area contributed by atoms with Crippen molar-refractivity contribution in [2.75, 3.05) is 19.0 Å². The molecule has 0 aliphatic carbocycles. The molecule has 2 aromatic carbocycles. The number of primary amides is 1. The largest absolute Gasteiger partial charge is 0.497 e. The lowest BCUT2D eigenvalue weighted by molar-refractivity contribution is -0.118. The first-order valence-corrected chi connectivity index (χ1v) is 11.2. The van der Waals surface area contributed by atoms with Crippen LogP contribution in [0, 0.1) is 0 Å². The van der Waals surface area contributed by atoms with E-state index in [4.69, 9.17) is 20.4 Å². The van der Waals surface area contributed by atoms with Crippen LogP contribution >= 0.6 is 0 Å². The number of amides is 1. The van der Waals surface area contributed by atoms with E-state index in [2.05, 4.69) is 35.4 Å². The molecule has 1 heterocycles. The maximum absolute atomic E-state index is 11.0. The molecular weight excluding hydrogens is 414 g/mol. The molecule has 0 spiro atoms. The second kappa shape index (κ2) is 11.8. The normalized spacial score (nSPS) is 11.8. The van der Waals surface area contributed by atoms with Crippen molar-refractivity contribution in [3.05, 3.63) is 54.5 Å². The maximum atomic E-state index is 11.0. The molecule has 3 aromatic rings. The number of nitrogens with one attached hydrogen (secondary N) is 1. The van der Waals surface area contributed by atoms with Crippen LogP contribution in [0.5, 0.6) is 5.75 Å². The number of anilines is 1. The number of carbonyl (C=O) groups is 1. The van der Waals surface area contributed by atoms with E-state index in [1.54, 1.807) is 13.3 Å². The van der Waals surface area contributed by atoms with Crippen molar-refractivity contribution in [1.29, 1.82) is 0 Å². The zero-order chi connectivity index (χ0) is 23.6. The fourth-order valence-corrected chi connectivity index (χ4v) is 3.49. The van der Waals surface area contributed by atoms with Crippen molar-refractivity contribution < 1.29 is 9.53 Å². The van der Waals surface area contributed by atoms with Crippen LogP contribution in [0.1, 0.15) is 45.4 Å². The lowest BCUT2D eigenvalue weighted by Crippen LogP contribution is -2.11. The third-order valence-corrected chi connectivity index (χ3v) is 5.29. The Bertz CT molecular complexity index is 1170. The molecule has 0 aliphatic rings. The highest BCUT2D eigenvalue weighted by Crippen LogP contribution is 2.30. The zero-order valence-corrected chi connectivity index (χ0v) is 19.5. The van der Waals surface area contributed by atoms with Gasteiger partial charge in [-0.2, -0.15) is 0 Å². The van der Waals surface area contributed by atoms with Gasteiger partial charge in [-0.3, -0.25) is 9.79 Å². The molecule has 1 aromatic heterocycles. The average Bonchev–Trinajstić information content (AvgIpc) is 2.83. The number of nitrogens with two attached hydrogens (primary N) is 1. The second-order valence-electron chi connectivity index (χ2n) is 7.63. The van der Waals surface area contributed by atoms with E-state index < -0.39 is 0 Å². The van der Waals surface area contributed by atoms with Crippen molar-refractivity contribution in [2.45, 2.75) is 39.5 Å². The first-order valence-electron chi connectivity index (χ1n) is 11.2. The maximum Gasteiger partial charge on any atom is 0.217 e. The van der Waals surface area contributed by atoms with Gasteiger partial charge >= 0.3 is 0 Å². The van der Waals surface area contributed by atoms with E-state index in [1.807, 2.05) is 37.4 Å². The highest BCUT2D eigenvalue weighted by molar-refractivity contribution is 5.93. The van der Waals surface area contributed by atoms with Gasteiger partial charge in [0.15, 0.2) is 5.82 Å². The Balaban J connectivity index is 2.02. The van der Waals surface area contributed by atoms with Gasteiger partial charge in [0.05, 0.1) is 12.6 Å². The number of unbranched alkanes of at least 4 members (excludes halogenated alkanes) is 1. The number of fused-ring (bicyclic) bond motifs is 1. The molecule has 7 nitrogen and oxygen atoms in total. The third-order valence-electron chi connectivity index (χ3n) is 5.29. The summed E-state index contributed by atoms with van der Waals surface area (Å²) in [5.74, 6) is 1.95. The average molecular weight is 446 g/mol. The van der Waals surface area contributed by atoms with Gasteiger partial charge in [0.2, 0.25) is 5.91 Å². The fourth-order valence-electron chi connectivity index (χ4n) is 3.49. The van der Waals surface area contributed by atoms with Gasteiger partial charge in [0.1, 0.15) is 11.6 Å². The van der Waals surface area contributed by atoms with Gasteiger partial charge in [0, 0.05) is 36.3 Å². The number of aromatic nitrogens is 2. The molecule has 172 valence electrons. The van der Waals surface area contributed by atoms with Crippen molar-refractivity contribution >= 4 is 34.4 Å². The summed E-state index contributed by atoms with van der Waals surface area (Å²) in [7, 11) is 1.66. The Morgan fingerprint density at radius 1 is 1.15 bits per heavy atom. The molecule has 7 heteroatoms. The van der Waals surface area contributed by atoms with E-state index in [1.165, 1.54) is 0 Å². The highest BCUT2D eigenvalue weighted by Gasteiger charge is 2.12. The van der Waals surface area contributed by atoms with Crippen LogP contribution in [0.2, 0.25) is 0 Å². The molecule has 0 bridgehead atoms. The number of hydrogen-bond donors (Lipinski definition) is 2. The number of benzene rings is 2. The molecule has 3 N–H and O–H groups in total. The highest BCUT2D eigenvalue weighted by atomic mass is 16.5. The number of carbonyl (C=O) groups excluding carboxylic acids is 1. The predicted octanol–water partition coefficient (Wildman–Crippen LogP) is 5.21. The first-order chi connectivity index (χ1) is 16.0. The van der Waals surface area contributed by atoms with Gasteiger partial charge in [-0.15, -0.1) is 0 Å². The van der Waals surface area contributed by atoms with Gasteiger partial charge in [-0.1, -0.05) is 25.1 Å². The summed E-state index contributed by atoms with van der Waals surface area (Å²) in [5.41, 5.74) is 9.18. The minimum Gasteiger partial charge on any atom is -0.497 e. The minimum atomic E-state index is -0.276. The van der Waals surface area contributed by atoms with E-state index in [-0.39, 0.29) is 5.91 Å². The van der Waals surface area contributed by atoms with Gasteiger partial charge in [0.25, 0.3) is 0 Å². The molecule has 1 amide bonds. The SMILES string of the molecule is CC=N/C=C(\CC)c1nc(NCCCCC(N)=O)c2cc(-c3cccc(OC)c3)ccc2n1. The summed E-state index contributed by atoms with van der Waals surface area (Å²) in [6, 6.07) is 14.1. The van der Waals surface area contributed by atoms with Gasteiger partial charge in [-0.25, -0.2) is 9.97 Å². The number of rotatable bonds is 11. The van der Waals surface area contributed by atoms with E-state index >= 15 is 0 Å². The Hall–Kier alpha value is -3.74. The standard InChI is InChI=1S/C26H31N5O2/c1-4-18(17-28-5-2)25-30-23-13-12-20(19-9-8-10-21(15-19)33-3)16-22(23)26(31-25)29-14-7-6-11-24(27)32/h5,8-10,12-13,15-17H,4,6-7,11,14H2,1-3H3,(H2,27,32)(H,29,30,31)/b18-17+,28-5?. The second-order valence-corrected chi connectivity index (χ2v) is 7.63. The van der Waals surface area contributed by atoms with Crippen molar-refractivity contribution in [2.24, 2.45) is 10.7 Å². The smallest absolute Gasteiger partial charge is 0.217 e. The van der Waals surface area contributed by atoms with Crippen LogP contribution in [0.25, 0.3) is 27.6 Å². The van der Waals surface area contributed by atoms with Gasteiger partial charge < -0.3 is 15.8 Å². The Kier molecular flexibility index (Phi) is 8.52. The van der Waals surface area contributed by atoms with Crippen LogP contribution in [0.4, 0.5) is 5.82 Å². The summed E-state index contributed by atoms with van der Waals surface area (Å²) in [4.78, 5) is 24.9. The van der Waals surface area contributed by atoms with Crippen molar-refractivity contribution in [3.8, 4) is 16.9 Å². The number of aliphatic imine (C=N–C) groups is 1. The molecule has 33 heavy (non-hydrogen) atoms. The topological polar surface area (TPSA) is 102 Å². The molecule has 0 saturated heterocycles. The van der Waals surface area contributed by atoms with Gasteiger partial charge in [-0.05, 0) is 61.6 Å². The molecule has 0 fully saturated rings. The quantitative estimate of drug-likeness (QED) is 0.311. The molecule has 0 saturated carbocycles. The Morgan fingerprint density at radius 3 is 2.70 bits per heavy atom. The summed E-state index contributed by atoms with van der Waals surface area (Å²) in [5, 5.41) is 4.38. The molecule has 0 radical (unpaired) electrons. The molecule has 3 rings (SSSR count). The lowest BCUT2D eigenvalue weighted by Gasteiger charge is -2.13. The molecule has 0 atom stereocenters. The van der Waals surface area contributed by atoms with E-state index in [9.17, 15) is 4.79 Å². The number of allylic oxidation sites excluding steroid dienone is 1. The molecule has 0 aliphatic heterocycles. The van der Waals surface area contributed by atoms with Crippen LogP contribution < -0.4 is 15.8 Å².